The number of carbonyl (C=O) groups excluding carboxylic acids is 1. The minimum atomic E-state index is -3.88. The second kappa shape index (κ2) is 6.08. The Morgan fingerprint density at radius 2 is 2.20 bits per heavy atom. The molecule has 6 heteroatoms. The topological polar surface area (TPSA) is 66.8 Å². The highest BCUT2D eigenvalue weighted by Gasteiger charge is 2.32. The molecule has 2 atom stereocenters. The maximum Gasteiger partial charge on any atom is 0.337 e. The van der Waals surface area contributed by atoms with Crippen LogP contribution in [0.1, 0.15) is 25.8 Å². The lowest BCUT2D eigenvalue weighted by Gasteiger charge is -2.21. The van der Waals surface area contributed by atoms with Crippen LogP contribution >= 0.6 is 7.60 Å². The molecule has 2 unspecified atom stereocenters. The first-order valence-electron chi connectivity index (χ1n) is 6.81. The van der Waals surface area contributed by atoms with E-state index in [9.17, 15) is 14.3 Å². The van der Waals surface area contributed by atoms with E-state index in [1.54, 1.807) is 11.8 Å². The average molecular weight is 297 g/mol. The zero-order valence-corrected chi connectivity index (χ0v) is 12.7. The van der Waals surface area contributed by atoms with Crippen LogP contribution in [0.3, 0.4) is 0 Å². The summed E-state index contributed by atoms with van der Waals surface area (Å²) >= 11 is 0. The molecule has 0 saturated carbocycles. The normalized spacial score (nSPS) is 18.4. The number of hydrogen-bond donors (Lipinski definition) is 1. The van der Waals surface area contributed by atoms with Gasteiger partial charge in [-0.3, -0.25) is 9.36 Å². The van der Waals surface area contributed by atoms with Crippen LogP contribution in [0.25, 0.3) is 0 Å². The third-order valence-corrected chi connectivity index (χ3v) is 4.80. The number of hydrogen-bond acceptors (Lipinski definition) is 3. The second-order valence-electron chi connectivity index (χ2n) is 5.04. The maximum atomic E-state index is 12.2. The summed E-state index contributed by atoms with van der Waals surface area (Å²) in [5, 5.41) is 0. The number of rotatable bonds is 5. The SMILES string of the molecule is CCC(C)OP(=O)(O)CC(=O)N1CCc2ccccc21. The molecule has 1 N–H and O–H groups in total. The number of carbonyl (C=O) groups is 1. The Kier molecular flexibility index (Phi) is 4.63. The van der Waals surface area contributed by atoms with Crippen LogP contribution in [0, 0.1) is 0 Å². The van der Waals surface area contributed by atoms with Crippen molar-refractivity contribution in [3.63, 3.8) is 0 Å². The van der Waals surface area contributed by atoms with E-state index in [-0.39, 0.29) is 12.0 Å². The number of nitrogens with zero attached hydrogens (tertiary/aromatic N) is 1. The molecule has 20 heavy (non-hydrogen) atoms. The van der Waals surface area contributed by atoms with Gasteiger partial charge in [-0.25, -0.2) is 0 Å². The van der Waals surface area contributed by atoms with Crippen LogP contribution < -0.4 is 4.90 Å². The molecule has 0 aliphatic carbocycles. The molecule has 0 fully saturated rings. The Bertz CT molecular complexity index is 546. The fourth-order valence-electron chi connectivity index (χ4n) is 2.25. The molecule has 5 nitrogen and oxygen atoms in total. The number of benzene rings is 1. The highest BCUT2D eigenvalue weighted by molar-refractivity contribution is 7.53. The lowest BCUT2D eigenvalue weighted by atomic mass is 10.2. The molecule has 1 aromatic rings. The second-order valence-corrected chi connectivity index (χ2v) is 6.85. The zero-order valence-electron chi connectivity index (χ0n) is 11.8. The van der Waals surface area contributed by atoms with Crippen molar-refractivity contribution in [2.75, 3.05) is 17.6 Å². The number of amides is 1. The summed E-state index contributed by atoms with van der Waals surface area (Å²) < 4.78 is 17.0. The van der Waals surface area contributed by atoms with Crippen LogP contribution in [0.2, 0.25) is 0 Å². The van der Waals surface area contributed by atoms with Gasteiger partial charge in [-0.1, -0.05) is 25.1 Å². The van der Waals surface area contributed by atoms with Gasteiger partial charge in [0, 0.05) is 12.2 Å². The molecule has 0 bridgehead atoms. The molecule has 1 aliphatic rings. The molecule has 2 rings (SSSR count). The van der Waals surface area contributed by atoms with Crippen molar-refractivity contribution in [3.05, 3.63) is 29.8 Å². The summed E-state index contributed by atoms with van der Waals surface area (Å²) in [6, 6.07) is 7.61. The molecule has 1 amide bonds. The van der Waals surface area contributed by atoms with E-state index in [1.807, 2.05) is 31.2 Å². The van der Waals surface area contributed by atoms with E-state index in [2.05, 4.69) is 0 Å². The Morgan fingerprint density at radius 3 is 2.90 bits per heavy atom. The highest BCUT2D eigenvalue weighted by Crippen LogP contribution is 2.44. The third kappa shape index (κ3) is 3.48. The lowest BCUT2D eigenvalue weighted by molar-refractivity contribution is -0.116. The predicted molar refractivity (Wildman–Crippen MR) is 78.0 cm³/mol. The van der Waals surface area contributed by atoms with Gasteiger partial charge in [0.15, 0.2) is 0 Å². The number of para-hydroxylation sites is 1. The Balaban J connectivity index is 2.05. The molecule has 1 aromatic carbocycles. The van der Waals surface area contributed by atoms with Crippen molar-refractivity contribution in [3.8, 4) is 0 Å². The van der Waals surface area contributed by atoms with Crippen LogP contribution in [0.15, 0.2) is 24.3 Å². The minimum Gasteiger partial charge on any atom is -0.324 e. The van der Waals surface area contributed by atoms with Gasteiger partial charge in [-0.15, -0.1) is 0 Å². The van der Waals surface area contributed by atoms with E-state index in [0.29, 0.717) is 13.0 Å². The van der Waals surface area contributed by atoms with Gasteiger partial charge in [0.25, 0.3) is 0 Å². The molecule has 1 heterocycles. The standard InChI is InChI=1S/C14H20NO4P/c1-3-11(2)19-20(17,18)10-14(16)15-9-8-12-6-4-5-7-13(12)15/h4-7,11H,3,8-10H2,1-2H3,(H,17,18). The Morgan fingerprint density at radius 1 is 1.50 bits per heavy atom. The van der Waals surface area contributed by atoms with Gasteiger partial charge in [-0.05, 0) is 31.4 Å². The molecule has 110 valence electrons. The fourth-order valence-corrected chi connectivity index (χ4v) is 3.55. The van der Waals surface area contributed by atoms with E-state index in [1.165, 1.54) is 0 Å². The number of anilines is 1. The fraction of sp³-hybridized carbons (Fsp3) is 0.500. The van der Waals surface area contributed by atoms with Crippen molar-refractivity contribution < 1.29 is 18.8 Å². The Labute approximate surface area is 119 Å². The first-order valence-corrected chi connectivity index (χ1v) is 8.57. The predicted octanol–water partition coefficient (Wildman–Crippen LogP) is 2.58. The quantitative estimate of drug-likeness (QED) is 0.848. The van der Waals surface area contributed by atoms with Gasteiger partial charge >= 0.3 is 7.60 Å². The van der Waals surface area contributed by atoms with E-state index >= 15 is 0 Å². The van der Waals surface area contributed by atoms with Gasteiger partial charge < -0.3 is 14.3 Å². The smallest absolute Gasteiger partial charge is 0.324 e. The maximum absolute atomic E-state index is 12.2. The summed E-state index contributed by atoms with van der Waals surface area (Å²) in [4.78, 5) is 23.6. The molecule has 0 saturated heterocycles. The van der Waals surface area contributed by atoms with Crippen molar-refractivity contribution >= 4 is 19.2 Å². The van der Waals surface area contributed by atoms with Crippen LogP contribution in [0.5, 0.6) is 0 Å². The van der Waals surface area contributed by atoms with Gasteiger partial charge in [0.2, 0.25) is 5.91 Å². The summed E-state index contributed by atoms with van der Waals surface area (Å²) in [5.41, 5.74) is 1.93. The minimum absolute atomic E-state index is 0.329. The lowest BCUT2D eigenvalue weighted by Crippen LogP contribution is -2.31. The molecular weight excluding hydrogens is 277 g/mol. The van der Waals surface area contributed by atoms with Gasteiger partial charge in [0.05, 0.1) is 6.10 Å². The van der Waals surface area contributed by atoms with Crippen LogP contribution in [0.4, 0.5) is 5.69 Å². The van der Waals surface area contributed by atoms with E-state index in [0.717, 1.165) is 17.7 Å². The van der Waals surface area contributed by atoms with Crippen LogP contribution in [-0.4, -0.2) is 29.6 Å². The summed E-state index contributed by atoms with van der Waals surface area (Å²) in [5.74, 6) is -0.357. The average Bonchev–Trinajstić information content (AvgIpc) is 2.81. The van der Waals surface area contributed by atoms with Crippen LogP contribution in [-0.2, 0) is 20.3 Å². The van der Waals surface area contributed by atoms with Gasteiger partial charge in [0.1, 0.15) is 6.16 Å². The van der Waals surface area contributed by atoms with E-state index in [4.69, 9.17) is 4.52 Å². The Hall–Kier alpha value is -1.16. The monoisotopic (exact) mass is 297 g/mol. The first-order chi connectivity index (χ1) is 9.43. The summed E-state index contributed by atoms with van der Waals surface area (Å²) in [6.45, 7) is 4.14. The molecular formula is C14H20NO4P. The summed E-state index contributed by atoms with van der Waals surface area (Å²) in [7, 11) is -3.88. The molecule has 0 aromatic heterocycles. The van der Waals surface area contributed by atoms with Crippen molar-refractivity contribution in [1.29, 1.82) is 0 Å². The van der Waals surface area contributed by atoms with Crippen molar-refractivity contribution in [1.82, 2.24) is 0 Å². The largest absolute Gasteiger partial charge is 0.337 e. The first kappa shape index (κ1) is 15.2. The highest BCUT2D eigenvalue weighted by atomic mass is 31.2. The van der Waals surface area contributed by atoms with Crippen molar-refractivity contribution in [2.24, 2.45) is 0 Å². The van der Waals surface area contributed by atoms with Crippen molar-refractivity contribution in [2.45, 2.75) is 32.8 Å². The zero-order chi connectivity index (χ0) is 14.8. The third-order valence-electron chi connectivity index (χ3n) is 3.44. The molecule has 0 spiro atoms. The molecule has 0 radical (unpaired) electrons. The van der Waals surface area contributed by atoms with E-state index < -0.39 is 13.8 Å². The van der Waals surface area contributed by atoms with Gasteiger partial charge in [-0.2, -0.15) is 0 Å². The summed E-state index contributed by atoms with van der Waals surface area (Å²) in [6.07, 6.45) is 0.616. The molecule has 1 aliphatic heterocycles. The number of fused-ring (bicyclic) bond motifs is 1.